The van der Waals surface area contributed by atoms with Gasteiger partial charge in [0.2, 0.25) is 0 Å². The Morgan fingerprint density at radius 1 is 1.35 bits per heavy atom. The van der Waals surface area contributed by atoms with Gasteiger partial charge >= 0.3 is 0 Å². The zero-order valence-electron chi connectivity index (χ0n) is 12.5. The van der Waals surface area contributed by atoms with Crippen LogP contribution in [-0.4, -0.2) is 43.3 Å². The molecule has 0 bridgehead atoms. The fraction of sp³-hybridized carbons (Fsp3) is 0.643. The number of nitrogens with one attached hydrogen (secondary N) is 1. The maximum atomic E-state index is 8.77. The van der Waals surface area contributed by atoms with E-state index in [1.807, 2.05) is 19.9 Å². The van der Waals surface area contributed by atoms with E-state index in [2.05, 4.69) is 26.3 Å². The van der Waals surface area contributed by atoms with Crippen molar-refractivity contribution >= 4 is 11.6 Å². The van der Waals surface area contributed by atoms with Gasteiger partial charge in [0.25, 0.3) is 0 Å². The average molecular weight is 277 g/mol. The molecule has 1 aromatic rings. The summed E-state index contributed by atoms with van der Waals surface area (Å²) in [5.41, 5.74) is 0. The number of nitriles is 1. The van der Waals surface area contributed by atoms with E-state index in [0.29, 0.717) is 26.1 Å². The Morgan fingerprint density at radius 3 is 2.75 bits per heavy atom. The minimum atomic E-state index is 0.464. The summed E-state index contributed by atoms with van der Waals surface area (Å²) in [6, 6.07) is 4.10. The second-order valence-electron chi connectivity index (χ2n) is 4.30. The van der Waals surface area contributed by atoms with Crippen LogP contribution in [0.3, 0.4) is 0 Å². The van der Waals surface area contributed by atoms with Crippen molar-refractivity contribution in [3.8, 4) is 6.07 Å². The highest BCUT2D eigenvalue weighted by molar-refractivity contribution is 5.49. The zero-order chi connectivity index (χ0) is 14.8. The lowest BCUT2D eigenvalue weighted by molar-refractivity contribution is 0.205. The number of anilines is 2. The Hall–Kier alpha value is -1.87. The highest BCUT2D eigenvalue weighted by Crippen LogP contribution is 2.16. The highest BCUT2D eigenvalue weighted by Gasteiger charge is 2.11. The summed E-state index contributed by atoms with van der Waals surface area (Å²) >= 11 is 0. The molecule has 1 N–H and O–H groups in total. The van der Waals surface area contributed by atoms with Crippen molar-refractivity contribution in [3.05, 3.63) is 11.9 Å². The van der Waals surface area contributed by atoms with Gasteiger partial charge in [0.05, 0.1) is 19.1 Å². The van der Waals surface area contributed by atoms with E-state index < -0.39 is 0 Å². The molecule has 0 aliphatic rings. The number of rotatable bonds is 9. The SMILES string of the molecule is CCNc1cc(N(CCC#N)CCOC)nc(CC)n1. The molecule has 0 radical (unpaired) electrons. The van der Waals surface area contributed by atoms with Crippen LogP contribution in [-0.2, 0) is 11.2 Å². The normalized spacial score (nSPS) is 10.1. The van der Waals surface area contributed by atoms with Gasteiger partial charge < -0.3 is 15.0 Å². The molecule has 0 unspecified atom stereocenters. The van der Waals surface area contributed by atoms with Gasteiger partial charge in [-0.05, 0) is 6.92 Å². The van der Waals surface area contributed by atoms with E-state index in [9.17, 15) is 0 Å². The number of nitrogens with zero attached hydrogens (tertiary/aromatic N) is 4. The van der Waals surface area contributed by atoms with Crippen LogP contribution in [0.4, 0.5) is 11.6 Å². The number of aryl methyl sites for hydroxylation is 1. The zero-order valence-corrected chi connectivity index (χ0v) is 12.5. The summed E-state index contributed by atoms with van der Waals surface area (Å²) in [6.07, 6.45) is 1.24. The minimum absolute atomic E-state index is 0.464. The standard InChI is InChI=1S/C14H23N5O/c1-4-12-17-13(16-5-2)11-14(18-12)19(8-6-7-15)9-10-20-3/h11H,4-6,8-10H2,1-3H3,(H,16,17,18). The molecule has 110 valence electrons. The van der Waals surface area contributed by atoms with Crippen molar-refractivity contribution in [1.82, 2.24) is 9.97 Å². The maximum Gasteiger partial charge on any atom is 0.134 e. The Labute approximate surface area is 120 Å². The van der Waals surface area contributed by atoms with Gasteiger partial charge in [-0.25, -0.2) is 9.97 Å². The van der Waals surface area contributed by atoms with Crippen LogP contribution < -0.4 is 10.2 Å². The molecule has 1 aromatic heterocycles. The molecule has 0 spiro atoms. The van der Waals surface area contributed by atoms with Gasteiger partial charge in [0, 0.05) is 39.2 Å². The second-order valence-corrected chi connectivity index (χ2v) is 4.30. The first kappa shape index (κ1) is 16.2. The topological polar surface area (TPSA) is 74.1 Å². The van der Waals surface area contributed by atoms with Gasteiger partial charge in [-0.1, -0.05) is 6.92 Å². The van der Waals surface area contributed by atoms with Crippen LogP contribution in [0, 0.1) is 11.3 Å². The van der Waals surface area contributed by atoms with Crippen molar-refractivity contribution < 1.29 is 4.74 Å². The molecular formula is C14H23N5O. The van der Waals surface area contributed by atoms with Gasteiger partial charge in [0.15, 0.2) is 0 Å². The average Bonchev–Trinajstić information content (AvgIpc) is 2.47. The molecule has 0 atom stereocenters. The Morgan fingerprint density at radius 2 is 2.15 bits per heavy atom. The molecule has 1 heterocycles. The molecule has 0 saturated heterocycles. The number of ether oxygens (including phenoxy) is 1. The van der Waals surface area contributed by atoms with Crippen molar-refractivity contribution in [3.63, 3.8) is 0 Å². The molecule has 6 nitrogen and oxygen atoms in total. The quantitative estimate of drug-likeness (QED) is 0.742. The van der Waals surface area contributed by atoms with Crippen molar-refractivity contribution in [2.45, 2.75) is 26.7 Å². The van der Waals surface area contributed by atoms with Crippen molar-refractivity contribution in [2.24, 2.45) is 0 Å². The maximum absolute atomic E-state index is 8.77. The smallest absolute Gasteiger partial charge is 0.134 e. The molecule has 0 aliphatic carbocycles. The Balaban J connectivity index is 2.96. The van der Waals surface area contributed by atoms with E-state index in [4.69, 9.17) is 10.00 Å². The van der Waals surface area contributed by atoms with Gasteiger partial charge in [0.1, 0.15) is 17.5 Å². The lowest BCUT2D eigenvalue weighted by Gasteiger charge is -2.23. The van der Waals surface area contributed by atoms with Crippen LogP contribution in [0.1, 0.15) is 26.1 Å². The van der Waals surface area contributed by atoms with E-state index in [1.165, 1.54) is 0 Å². The third-order valence-corrected chi connectivity index (χ3v) is 2.82. The number of methoxy groups -OCH3 is 1. The third-order valence-electron chi connectivity index (χ3n) is 2.82. The molecule has 1 rings (SSSR count). The van der Waals surface area contributed by atoms with Crippen LogP contribution in [0.5, 0.6) is 0 Å². The molecule has 20 heavy (non-hydrogen) atoms. The predicted octanol–water partition coefficient (Wildman–Crippen LogP) is 1.84. The van der Waals surface area contributed by atoms with Crippen molar-refractivity contribution in [2.75, 3.05) is 43.6 Å². The summed E-state index contributed by atoms with van der Waals surface area (Å²) in [7, 11) is 1.67. The summed E-state index contributed by atoms with van der Waals surface area (Å²) in [6.45, 7) is 6.84. The largest absolute Gasteiger partial charge is 0.383 e. The fourth-order valence-corrected chi connectivity index (χ4v) is 1.80. The van der Waals surface area contributed by atoms with Crippen LogP contribution in [0.15, 0.2) is 6.07 Å². The predicted molar refractivity (Wildman–Crippen MR) is 79.9 cm³/mol. The molecule has 0 amide bonds. The first-order valence-corrected chi connectivity index (χ1v) is 6.97. The van der Waals surface area contributed by atoms with E-state index >= 15 is 0 Å². The number of hydrogen-bond acceptors (Lipinski definition) is 6. The molecule has 0 saturated carbocycles. The number of aromatic nitrogens is 2. The summed E-state index contributed by atoms with van der Waals surface area (Å²) in [5, 5.41) is 12.0. The van der Waals surface area contributed by atoms with E-state index in [-0.39, 0.29) is 0 Å². The van der Waals surface area contributed by atoms with Gasteiger partial charge in [-0.15, -0.1) is 0 Å². The Kier molecular flexibility index (Phi) is 7.36. The monoisotopic (exact) mass is 277 g/mol. The lowest BCUT2D eigenvalue weighted by Crippen LogP contribution is -2.29. The van der Waals surface area contributed by atoms with Gasteiger partial charge in [-0.2, -0.15) is 5.26 Å². The lowest BCUT2D eigenvalue weighted by atomic mass is 10.3. The fourth-order valence-electron chi connectivity index (χ4n) is 1.80. The number of hydrogen-bond donors (Lipinski definition) is 1. The van der Waals surface area contributed by atoms with Crippen LogP contribution in [0.2, 0.25) is 0 Å². The van der Waals surface area contributed by atoms with E-state index in [0.717, 1.165) is 30.4 Å². The summed E-state index contributed by atoms with van der Waals surface area (Å²) < 4.78 is 5.12. The molecule has 0 aromatic carbocycles. The molecule has 6 heteroatoms. The molecule has 0 aliphatic heterocycles. The van der Waals surface area contributed by atoms with Crippen LogP contribution in [0.25, 0.3) is 0 Å². The Bertz CT molecular complexity index is 444. The third kappa shape index (κ3) is 5.02. The second kappa shape index (κ2) is 9.10. The highest BCUT2D eigenvalue weighted by atomic mass is 16.5. The first-order chi connectivity index (χ1) is 9.74. The molecule has 0 fully saturated rings. The molecular weight excluding hydrogens is 254 g/mol. The first-order valence-electron chi connectivity index (χ1n) is 6.97. The summed E-state index contributed by atoms with van der Waals surface area (Å²) in [4.78, 5) is 11.1. The summed E-state index contributed by atoms with van der Waals surface area (Å²) in [5.74, 6) is 2.48. The minimum Gasteiger partial charge on any atom is -0.383 e. The van der Waals surface area contributed by atoms with Crippen molar-refractivity contribution in [1.29, 1.82) is 5.26 Å². The van der Waals surface area contributed by atoms with E-state index in [1.54, 1.807) is 7.11 Å². The van der Waals surface area contributed by atoms with Gasteiger partial charge in [-0.3, -0.25) is 0 Å². The van der Waals surface area contributed by atoms with Crippen LogP contribution >= 0.6 is 0 Å².